The molecule has 1 aromatic rings. The normalized spacial score (nSPS) is 19.8. The van der Waals surface area contributed by atoms with Gasteiger partial charge in [-0.05, 0) is 25.1 Å². The smallest absolute Gasteiger partial charge is 0.333 e. The average Bonchev–Trinajstić information content (AvgIpc) is 3.00. The second-order valence-electron chi connectivity index (χ2n) is 6.54. The van der Waals surface area contributed by atoms with Crippen molar-refractivity contribution in [1.82, 2.24) is 4.90 Å². The van der Waals surface area contributed by atoms with Crippen LogP contribution in [-0.2, 0) is 14.3 Å². The zero-order valence-corrected chi connectivity index (χ0v) is 17.0. The van der Waals surface area contributed by atoms with Crippen molar-refractivity contribution < 1.29 is 19.2 Å². The number of nitrogens with one attached hydrogen (secondary N) is 1. The van der Waals surface area contributed by atoms with E-state index >= 15 is 0 Å². The summed E-state index contributed by atoms with van der Waals surface area (Å²) in [4.78, 5) is 29.4. The highest BCUT2D eigenvalue weighted by Crippen LogP contribution is 2.28. The second-order valence-corrected chi connectivity index (χ2v) is 7.97. The highest BCUT2D eigenvalue weighted by Gasteiger charge is 2.29. The Morgan fingerprint density at radius 2 is 2.15 bits per heavy atom. The van der Waals surface area contributed by atoms with Crippen LogP contribution < -0.4 is 9.80 Å². The number of amides is 1. The van der Waals surface area contributed by atoms with E-state index in [2.05, 4.69) is 11.0 Å². The van der Waals surface area contributed by atoms with Gasteiger partial charge in [0.1, 0.15) is 0 Å². The molecule has 2 heterocycles. The minimum Gasteiger partial charge on any atom is -0.463 e. The first-order chi connectivity index (χ1) is 13.1. The van der Waals surface area contributed by atoms with Crippen molar-refractivity contribution in [3.63, 3.8) is 0 Å². The Kier molecular flexibility index (Phi) is 7.04. The van der Waals surface area contributed by atoms with Crippen LogP contribution in [0.4, 0.5) is 5.69 Å². The summed E-state index contributed by atoms with van der Waals surface area (Å²) in [5, 5.41) is 1.46. The molecule has 1 N–H and O–H groups in total. The first-order valence-electron chi connectivity index (χ1n) is 9.22. The number of thioether (sulfide) groups is 1. The highest BCUT2D eigenvalue weighted by atomic mass is 35.5. The van der Waals surface area contributed by atoms with E-state index in [1.54, 1.807) is 11.8 Å². The van der Waals surface area contributed by atoms with Gasteiger partial charge in [-0.2, -0.15) is 0 Å². The van der Waals surface area contributed by atoms with Crippen molar-refractivity contribution >= 4 is 40.9 Å². The fourth-order valence-corrected chi connectivity index (χ4v) is 4.47. The quantitative estimate of drug-likeness (QED) is 0.560. The van der Waals surface area contributed by atoms with E-state index in [1.807, 2.05) is 18.2 Å². The second kappa shape index (κ2) is 9.48. The predicted molar refractivity (Wildman–Crippen MR) is 108 cm³/mol. The molecule has 3 rings (SSSR count). The zero-order chi connectivity index (χ0) is 19.2. The number of esters is 1. The van der Waals surface area contributed by atoms with Gasteiger partial charge in [0, 0.05) is 10.7 Å². The van der Waals surface area contributed by atoms with Gasteiger partial charge in [0.15, 0.2) is 0 Å². The van der Waals surface area contributed by atoms with Crippen molar-refractivity contribution in [2.24, 2.45) is 0 Å². The molecule has 2 aliphatic heterocycles. The summed E-state index contributed by atoms with van der Waals surface area (Å²) in [6, 6.07) is 7.95. The lowest BCUT2D eigenvalue weighted by Gasteiger charge is -2.34. The van der Waals surface area contributed by atoms with Crippen LogP contribution in [-0.4, -0.2) is 68.4 Å². The minimum atomic E-state index is -0.387. The van der Waals surface area contributed by atoms with Gasteiger partial charge in [0.05, 0.1) is 62.7 Å². The lowest BCUT2D eigenvalue weighted by atomic mass is 10.2. The van der Waals surface area contributed by atoms with Crippen LogP contribution >= 0.6 is 23.4 Å². The molecule has 1 amide bonds. The van der Waals surface area contributed by atoms with Crippen LogP contribution in [0.5, 0.6) is 0 Å². The fourth-order valence-electron chi connectivity index (χ4n) is 3.33. The standard InChI is InChI=1S/C19H24ClN3O3S/c1-2-26-19(25)13-18-23(17(24)14-27-18)11-8-21-6-9-22(10-7-21)16-5-3-4-15(20)12-16/h3-5,12-13H,2,6-11,14H2,1H3/p+1/b18-13-. The monoisotopic (exact) mass is 410 g/mol. The molecule has 6 nitrogen and oxygen atoms in total. The highest BCUT2D eigenvalue weighted by molar-refractivity contribution is 8.04. The van der Waals surface area contributed by atoms with E-state index in [0.717, 1.165) is 43.4 Å². The number of halogens is 1. The molecule has 0 aromatic heterocycles. The third-order valence-corrected chi connectivity index (χ3v) is 6.03. The Labute approximate surface area is 169 Å². The molecule has 0 unspecified atom stereocenters. The maximum Gasteiger partial charge on any atom is 0.333 e. The lowest BCUT2D eigenvalue weighted by molar-refractivity contribution is -0.899. The zero-order valence-electron chi connectivity index (χ0n) is 15.4. The molecule has 1 aromatic carbocycles. The number of anilines is 1. The molecule has 2 fully saturated rings. The van der Waals surface area contributed by atoms with Crippen LogP contribution in [0.25, 0.3) is 0 Å². The third-order valence-electron chi connectivity index (χ3n) is 4.77. The predicted octanol–water partition coefficient (Wildman–Crippen LogP) is 1.02. The molecular formula is C19H25ClN3O3S+. The summed E-state index contributed by atoms with van der Waals surface area (Å²) in [6.45, 7) is 7.56. The number of nitrogens with zero attached hydrogens (tertiary/aromatic N) is 2. The van der Waals surface area contributed by atoms with Crippen LogP contribution in [0.2, 0.25) is 5.02 Å². The number of benzene rings is 1. The minimum absolute atomic E-state index is 0.0625. The Bertz CT molecular complexity index is 720. The van der Waals surface area contributed by atoms with Gasteiger partial charge < -0.3 is 19.4 Å². The number of ether oxygens (including phenoxy) is 1. The third kappa shape index (κ3) is 5.40. The summed E-state index contributed by atoms with van der Waals surface area (Å²) in [6.07, 6.45) is 1.44. The molecule has 0 aliphatic carbocycles. The number of quaternary nitrogens is 1. The first kappa shape index (κ1) is 20.0. The maximum absolute atomic E-state index is 12.1. The number of hydrogen-bond donors (Lipinski definition) is 1. The van der Waals surface area contributed by atoms with Gasteiger partial charge in [-0.15, -0.1) is 0 Å². The molecular weight excluding hydrogens is 386 g/mol. The van der Waals surface area contributed by atoms with Crippen molar-refractivity contribution in [2.75, 3.05) is 56.5 Å². The maximum atomic E-state index is 12.1. The Balaban J connectivity index is 1.50. The molecule has 27 heavy (non-hydrogen) atoms. The summed E-state index contributed by atoms with van der Waals surface area (Å²) >= 11 is 7.49. The van der Waals surface area contributed by atoms with Crippen molar-refractivity contribution in [1.29, 1.82) is 0 Å². The lowest BCUT2D eigenvalue weighted by Crippen LogP contribution is -3.15. The van der Waals surface area contributed by atoms with Gasteiger partial charge in [0.25, 0.3) is 0 Å². The molecule has 0 saturated carbocycles. The van der Waals surface area contributed by atoms with Crippen molar-refractivity contribution in [3.05, 3.63) is 40.4 Å². The topological polar surface area (TPSA) is 54.3 Å². The Hall–Kier alpha value is -1.70. The van der Waals surface area contributed by atoms with Crippen LogP contribution in [0.3, 0.4) is 0 Å². The molecule has 0 bridgehead atoms. The number of carbonyl (C=O) groups excluding carboxylic acids is 2. The summed E-state index contributed by atoms with van der Waals surface area (Å²) in [5.41, 5.74) is 1.16. The molecule has 2 saturated heterocycles. The van der Waals surface area contributed by atoms with Crippen LogP contribution in [0.1, 0.15) is 6.92 Å². The van der Waals surface area contributed by atoms with E-state index in [1.165, 1.54) is 22.7 Å². The molecule has 0 spiro atoms. The van der Waals surface area contributed by atoms with E-state index in [9.17, 15) is 9.59 Å². The molecule has 2 aliphatic rings. The molecule has 0 atom stereocenters. The van der Waals surface area contributed by atoms with Gasteiger partial charge in [0.2, 0.25) is 5.91 Å². The number of rotatable bonds is 6. The Morgan fingerprint density at radius 3 is 2.85 bits per heavy atom. The average molecular weight is 411 g/mol. The van der Waals surface area contributed by atoms with Crippen molar-refractivity contribution in [3.8, 4) is 0 Å². The van der Waals surface area contributed by atoms with Crippen molar-refractivity contribution in [2.45, 2.75) is 6.92 Å². The largest absolute Gasteiger partial charge is 0.463 e. The Morgan fingerprint density at radius 1 is 1.37 bits per heavy atom. The number of piperazine rings is 1. The van der Waals surface area contributed by atoms with Gasteiger partial charge >= 0.3 is 5.97 Å². The van der Waals surface area contributed by atoms with Gasteiger partial charge in [-0.3, -0.25) is 4.79 Å². The van der Waals surface area contributed by atoms with Crippen LogP contribution in [0.15, 0.2) is 35.4 Å². The first-order valence-corrected chi connectivity index (χ1v) is 10.6. The number of hydrogen-bond acceptors (Lipinski definition) is 5. The van der Waals surface area contributed by atoms with E-state index in [4.69, 9.17) is 16.3 Å². The molecule has 8 heteroatoms. The SMILES string of the molecule is CCOC(=O)/C=C1\SCC(=O)N1CC[NH+]1CCN(c2cccc(Cl)c2)CC1. The van der Waals surface area contributed by atoms with Crippen LogP contribution in [0, 0.1) is 0 Å². The van der Waals surface area contributed by atoms with E-state index in [-0.39, 0.29) is 11.9 Å². The molecule has 0 radical (unpaired) electrons. The number of carbonyl (C=O) groups is 2. The van der Waals surface area contributed by atoms with E-state index in [0.29, 0.717) is 23.9 Å². The fraction of sp³-hybridized carbons (Fsp3) is 0.474. The summed E-state index contributed by atoms with van der Waals surface area (Å²) in [5.74, 6) is 0.0676. The van der Waals surface area contributed by atoms with Gasteiger partial charge in [-0.25, -0.2) is 4.79 Å². The summed E-state index contributed by atoms with van der Waals surface area (Å²) < 4.78 is 4.96. The summed E-state index contributed by atoms with van der Waals surface area (Å²) in [7, 11) is 0. The van der Waals surface area contributed by atoms with Gasteiger partial charge in [-0.1, -0.05) is 29.4 Å². The van der Waals surface area contributed by atoms with E-state index < -0.39 is 0 Å². The molecule has 146 valence electrons.